The molecule has 0 atom stereocenters. The van der Waals surface area contributed by atoms with E-state index in [9.17, 15) is 0 Å². The van der Waals surface area contributed by atoms with E-state index in [0.717, 1.165) is 16.9 Å². The van der Waals surface area contributed by atoms with Crippen LogP contribution in [0.2, 0.25) is 0 Å². The van der Waals surface area contributed by atoms with Crippen LogP contribution >= 0.6 is 12.4 Å². The molecular formula is C14H17ClN2O. The van der Waals surface area contributed by atoms with Gasteiger partial charge in [-0.2, -0.15) is 0 Å². The summed E-state index contributed by atoms with van der Waals surface area (Å²) in [6, 6.07) is 7.64. The highest BCUT2D eigenvalue weighted by atomic mass is 35.5. The lowest BCUT2D eigenvalue weighted by molar-refractivity contribution is 0.456. The molecule has 0 bridgehead atoms. The van der Waals surface area contributed by atoms with Gasteiger partial charge in [-0.1, -0.05) is 17.7 Å². The number of ether oxygens (including phenoxy) is 1. The molecule has 96 valence electrons. The summed E-state index contributed by atoms with van der Waals surface area (Å²) in [5.41, 5.74) is 9.78. The van der Waals surface area contributed by atoms with E-state index in [-0.39, 0.29) is 12.4 Å². The maximum Gasteiger partial charge on any atom is 0.221 e. The largest absolute Gasteiger partial charge is 0.438 e. The number of hydrogen-bond acceptors (Lipinski definition) is 3. The van der Waals surface area contributed by atoms with Crippen molar-refractivity contribution in [2.24, 2.45) is 0 Å². The minimum absolute atomic E-state index is 0. The van der Waals surface area contributed by atoms with Crippen LogP contribution in [0.1, 0.15) is 16.7 Å². The minimum Gasteiger partial charge on any atom is -0.438 e. The highest BCUT2D eigenvalue weighted by Gasteiger charge is 2.07. The third kappa shape index (κ3) is 3.14. The van der Waals surface area contributed by atoms with Crippen molar-refractivity contribution in [1.29, 1.82) is 0 Å². The van der Waals surface area contributed by atoms with Gasteiger partial charge in [0.05, 0.1) is 0 Å². The first-order chi connectivity index (χ1) is 8.06. The van der Waals surface area contributed by atoms with Gasteiger partial charge >= 0.3 is 0 Å². The molecule has 0 radical (unpaired) electrons. The molecule has 1 aromatic carbocycles. The molecule has 0 fully saturated rings. The lowest BCUT2D eigenvalue weighted by Crippen LogP contribution is -1.95. The van der Waals surface area contributed by atoms with E-state index in [2.05, 4.69) is 24.0 Å². The summed E-state index contributed by atoms with van der Waals surface area (Å²) in [6.45, 7) is 6.13. The fraction of sp³-hybridized carbons (Fsp3) is 0.214. The van der Waals surface area contributed by atoms with E-state index >= 15 is 0 Å². The van der Waals surface area contributed by atoms with Gasteiger partial charge in [-0.05, 0) is 38.0 Å². The van der Waals surface area contributed by atoms with E-state index in [1.54, 1.807) is 18.3 Å². The lowest BCUT2D eigenvalue weighted by Gasteiger charge is -2.12. The fourth-order valence-corrected chi connectivity index (χ4v) is 1.91. The summed E-state index contributed by atoms with van der Waals surface area (Å²) in [7, 11) is 0. The highest BCUT2D eigenvalue weighted by molar-refractivity contribution is 5.85. The maximum absolute atomic E-state index is 5.78. The number of nitrogens with two attached hydrogens (primary N) is 1. The second kappa shape index (κ2) is 5.74. The molecule has 0 aliphatic carbocycles. The Morgan fingerprint density at radius 3 is 2.22 bits per heavy atom. The van der Waals surface area contributed by atoms with Crippen LogP contribution in [0.5, 0.6) is 11.6 Å². The number of rotatable bonds is 2. The molecule has 0 saturated heterocycles. The molecule has 2 N–H and O–H groups in total. The van der Waals surface area contributed by atoms with Crippen LogP contribution in [0, 0.1) is 20.8 Å². The molecule has 0 aliphatic heterocycles. The number of aromatic nitrogens is 1. The SMILES string of the molecule is Cc1cc(C)c(Oc2cc(N)ccn2)c(C)c1.Cl. The van der Waals surface area contributed by atoms with Crippen molar-refractivity contribution in [1.82, 2.24) is 4.98 Å². The Morgan fingerprint density at radius 2 is 1.67 bits per heavy atom. The average molecular weight is 265 g/mol. The maximum atomic E-state index is 5.78. The number of hydrogen-bond donors (Lipinski definition) is 1. The Bertz CT molecular complexity index is 532. The smallest absolute Gasteiger partial charge is 0.221 e. The third-order valence-electron chi connectivity index (χ3n) is 2.57. The molecule has 2 rings (SSSR count). The highest BCUT2D eigenvalue weighted by Crippen LogP contribution is 2.29. The molecule has 18 heavy (non-hydrogen) atoms. The number of halogens is 1. The van der Waals surface area contributed by atoms with Gasteiger partial charge in [-0.15, -0.1) is 12.4 Å². The topological polar surface area (TPSA) is 48.1 Å². The zero-order valence-electron chi connectivity index (χ0n) is 10.7. The predicted octanol–water partition coefficient (Wildman–Crippen LogP) is 3.80. The molecule has 0 unspecified atom stereocenters. The standard InChI is InChI=1S/C14H16N2O.ClH/c1-9-6-10(2)14(11(3)7-9)17-13-8-12(15)4-5-16-13;/h4-8H,1-3H3,(H2,15,16);1H. The van der Waals surface area contributed by atoms with Gasteiger partial charge in [-0.25, -0.2) is 4.98 Å². The Kier molecular flexibility index (Phi) is 4.56. The fourth-order valence-electron chi connectivity index (χ4n) is 1.91. The van der Waals surface area contributed by atoms with E-state index < -0.39 is 0 Å². The minimum atomic E-state index is 0. The number of pyridine rings is 1. The molecule has 0 aliphatic rings. The Morgan fingerprint density at radius 1 is 1.06 bits per heavy atom. The summed E-state index contributed by atoms with van der Waals surface area (Å²) in [5, 5.41) is 0. The Labute approximate surface area is 113 Å². The van der Waals surface area contributed by atoms with Crippen molar-refractivity contribution in [2.75, 3.05) is 5.73 Å². The summed E-state index contributed by atoms with van der Waals surface area (Å²) in [6.07, 6.45) is 1.64. The summed E-state index contributed by atoms with van der Waals surface area (Å²) >= 11 is 0. The average Bonchev–Trinajstić information content (AvgIpc) is 2.23. The molecule has 0 saturated carbocycles. The van der Waals surface area contributed by atoms with E-state index in [0.29, 0.717) is 11.6 Å². The van der Waals surface area contributed by atoms with Crippen LogP contribution in [0.3, 0.4) is 0 Å². The predicted molar refractivity (Wildman–Crippen MR) is 76.6 cm³/mol. The lowest BCUT2D eigenvalue weighted by atomic mass is 10.1. The first kappa shape index (κ1) is 14.3. The third-order valence-corrected chi connectivity index (χ3v) is 2.57. The first-order valence-electron chi connectivity index (χ1n) is 5.53. The molecular weight excluding hydrogens is 248 g/mol. The molecule has 0 amide bonds. The van der Waals surface area contributed by atoms with Gasteiger partial charge in [0, 0.05) is 18.0 Å². The van der Waals surface area contributed by atoms with E-state index in [1.165, 1.54) is 5.56 Å². The Hall–Kier alpha value is -1.74. The van der Waals surface area contributed by atoms with Crippen molar-refractivity contribution in [3.63, 3.8) is 0 Å². The Balaban J connectivity index is 0.00000162. The molecule has 0 spiro atoms. The molecule has 1 heterocycles. The zero-order chi connectivity index (χ0) is 12.4. The van der Waals surface area contributed by atoms with Gasteiger partial charge in [0.25, 0.3) is 0 Å². The molecule has 2 aromatic rings. The van der Waals surface area contributed by atoms with Gasteiger partial charge in [0.15, 0.2) is 0 Å². The number of nitrogens with zero attached hydrogens (tertiary/aromatic N) is 1. The monoisotopic (exact) mass is 264 g/mol. The normalized spacial score (nSPS) is 9.72. The number of anilines is 1. The van der Waals surface area contributed by atoms with Crippen molar-refractivity contribution in [2.45, 2.75) is 20.8 Å². The summed E-state index contributed by atoms with van der Waals surface area (Å²) < 4.78 is 5.78. The van der Waals surface area contributed by atoms with Crippen LogP contribution < -0.4 is 10.5 Å². The van der Waals surface area contributed by atoms with Crippen LogP contribution in [0.15, 0.2) is 30.5 Å². The first-order valence-corrected chi connectivity index (χ1v) is 5.53. The van der Waals surface area contributed by atoms with E-state index in [1.807, 2.05) is 13.8 Å². The van der Waals surface area contributed by atoms with Crippen molar-refractivity contribution in [3.8, 4) is 11.6 Å². The molecule has 4 heteroatoms. The van der Waals surface area contributed by atoms with Crippen LogP contribution in [-0.2, 0) is 0 Å². The van der Waals surface area contributed by atoms with Crippen LogP contribution in [0.4, 0.5) is 5.69 Å². The van der Waals surface area contributed by atoms with Crippen molar-refractivity contribution < 1.29 is 4.74 Å². The van der Waals surface area contributed by atoms with Crippen molar-refractivity contribution >= 4 is 18.1 Å². The second-order valence-corrected chi connectivity index (χ2v) is 4.26. The van der Waals surface area contributed by atoms with Gasteiger partial charge in [0.2, 0.25) is 5.88 Å². The number of aryl methyl sites for hydroxylation is 3. The van der Waals surface area contributed by atoms with Crippen LogP contribution in [-0.4, -0.2) is 4.98 Å². The van der Waals surface area contributed by atoms with Gasteiger partial charge in [-0.3, -0.25) is 0 Å². The van der Waals surface area contributed by atoms with Gasteiger partial charge in [0.1, 0.15) is 5.75 Å². The summed E-state index contributed by atoms with van der Waals surface area (Å²) in [5.74, 6) is 1.38. The zero-order valence-corrected chi connectivity index (χ0v) is 11.5. The van der Waals surface area contributed by atoms with Crippen LogP contribution in [0.25, 0.3) is 0 Å². The molecule has 3 nitrogen and oxygen atoms in total. The van der Waals surface area contributed by atoms with Gasteiger partial charge < -0.3 is 10.5 Å². The van der Waals surface area contributed by atoms with E-state index in [4.69, 9.17) is 10.5 Å². The van der Waals surface area contributed by atoms with Crippen molar-refractivity contribution in [3.05, 3.63) is 47.2 Å². The summed E-state index contributed by atoms with van der Waals surface area (Å²) in [4.78, 5) is 4.14. The number of benzene rings is 1. The molecule has 1 aromatic heterocycles. The second-order valence-electron chi connectivity index (χ2n) is 4.26. The number of nitrogen functional groups attached to an aromatic ring is 1. The quantitative estimate of drug-likeness (QED) is 0.897.